The predicted octanol–water partition coefficient (Wildman–Crippen LogP) is 7.43. The molecule has 1 aliphatic heterocycles. The highest BCUT2D eigenvalue weighted by molar-refractivity contribution is 7.81. The quantitative estimate of drug-likeness (QED) is 0.337. The number of ether oxygens (including phenoxy) is 2. The number of hydrogen-bond donors (Lipinski definition) is 1. The van der Waals surface area contributed by atoms with Crippen LogP contribution >= 0.6 is 12.6 Å². The van der Waals surface area contributed by atoms with Crippen molar-refractivity contribution in [3.05, 3.63) is 64.2 Å². The molecule has 2 unspecified atom stereocenters. The molecule has 1 saturated heterocycles. The summed E-state index contributed by atoms with van der Waals surface area (Å²) in [5.41, 5.74) is -1.67. The molecule has 0 bridgehead atoms. The van der Waals surface area contributed by atoms with Gasteiger partial charge in [0.1, 0.15) is 34.6 Å². The van der Waals surface area contributed by atoms with E-state index in [0.717, 1.165) is 44.7 Å². The van der Waals surface area contributed by atoms with Crippen molar-refractivity contribution in [2.75, 3.05) is 6.61 Å². The Hall–Kier alpha value is -1.87. The smallest absolute Gasteiger partial charge is 0.429 e. The summed E-state index contributed by atoms with van der Waals surface area (Å²) in [7, 11) is 0. The lowest BCUT2D eigenvalue weighted by Crippen LogP contribution is -2.34. The van der Waals surface area contributed by atoms with E-state index in [2.05, 4.69) is 17.4 Å². The largest absolute Gasteiger partial charge is 0.432 e. The molecule has 186 valence electrons. The Balaban J connectivity index is 1.47. The van der Waals surface area contributed by atoms with Gasteiger partial charge in [-0.25, -0.2) is 17.6 Å². The van der Waals surface area contributed by atoms with Crippen LogP contribution in [0.25, 0.3) is 0 Å². The summed E-state index contributed by atoms with van der Waals surface area (Å²) in [4.78, 5) is 0. The summed E-state index contributed by atoms with van der Waals surface area (Å²) in [6.45, 7) is 1.74. The Labute approximate surface area is 200 Å². The van der Waals surface area contributed by atoms with E-state index in [0.29, 0.717) is 43.1 Å². The summed E-state index contributed by atoms with van der Waals surface area (Å²) >= 11 is 4.42. The summed E-state index contributed by atoms with van der Waals surface area (Å²) in [6.07, 6.45) is 0.593. The Bertz CT molecular complexity index is 984. The standard InChI is InChI=1S/C25H26F6O2S/c1-13-19(26)10-17(11-20(13)27)33-25(30,31)24-21(28)8-16(9-22(24)29)14-2-4-15(5-3-14)23-7-6-18(34)12-32-23/h8-11,14-15,18,23,34H,2-7,12H2,1H3. The second kappa shape index (κ2) is 10.0. The molecule has 0 N–H and O–H groups in total. The van der Waals surface area contributed by atoms with E-state index in [1.54, 1.807) is 0 Å². The lowest BCUT2D eigenvalue weighted by molar-refractivity contribution is -0.189. The van der Waals surface area contributed by atoms with Crippen molar-refractivity contribution in [2.45, 2.75) is 68.8 Å². The zero-order valence-electron chi connectivity index (χ0n) is 18.6. The molecule has 2 nitrogen and oxygen atoms in total. The van der Waals surface area contributed by atoms with Gasteiger partial charge in [-0.2, -0.15) is 21.4 Å². The van der Waals surface area contributed by atoms with Gasteiger partial charge in [0.25, 0.3) is 0 Å². The van der Waals surface area contributed by atoms with Crippen molar-refractivity contribution in [3.63, 3.8) is 0 Å². The third kappa shape index (κ3) is 5.35. The molecule has 0 spiro atoms. The van der Waals surface area contributed by atoms with Crippen LogP contribution in [0.1, 0.15) is 61.1 Å². The molecule has 2 atom stereocenters. The summed E-state index contributed by atoms with van der Waals surface area (Å²) < 4.78 is 96.2. The van der Waals surface area contributed by atoms with Gasteiger partial charge in [0, 0.05) is 22.9 Å². The minimum absolute atomic E-state index is 0.160. The number of rotatable bonds is 5. The van der Waals surface area contributed by atoms with Crippen molar-refractivity contribution >= 4 is 12.6 Å². The molecule has 2 aliphatic rings. The second-order valence-corrected chi connectivity index (χ2v) is 9.94. The van der Waals surface area contributed by atoms with E-state index < -0.39 is 40.7 Å². The fourth-order valence-electron chi connectivity index (χ4n) is 4.94. The van der Waals surface area contributed by atoms with Crippen LogP contribution in [-0.4, -0.2) is 18.0 Å². The average Bonchev–Trinajstić information content (AvgIpc) is 2.77. The molecule has 4 rings (SSSR count). The molecule has 0 radical (unpaired) electrons. The summed E-state index contributed by atoms with van der Waals surface area (Å²) in [6, 6.07) is 2.89. The Morgan fingerprint density at radius 3 is 1.97 bits per heavy atom. The first-order valence-corrected chi connectivity index (χ1v) is 11.9. The van der Waals surface area contributed by atoms with Crippen molar-refractivity contribution in [2.24, 2.45) is 5.92 Å². The van der Waals surface area contributed by atoms with Gasteiger partial charge in [0.05, 0.1) is 12.7 Å². The number of hydrogen-bond acceptors (Lipinski definition) is 3. The molecule has 1 saturated carbocycles. The zero-order valence-corrected chi connectivity index (χ0v) is 19.5. The lowest BCUT2D eigenvalue weighted by atomic mass is 9.75. The fraction of sp³-hybridized carbons (Fsp3) is 0.520. The highest BCUT2D eigenvalue weighted by Crippen LogP contribution is 2.42. The minimum atomic E-state index is -4.47. The fourth-order valence-corrected chi connectivity index (χ4v) is 5.18. The zero-order chi connectivity index (χ0) is 24.6. The molecule has 2 aromatic rings. The van der Waals surface area contributed by atoms with E-state index in [-0.39, 0.29) is 22.8 Å². The van der Waals surface area contributed by atoms with Gasteiger partial charge in [0.15, 0.2) is 0 Å². The molecule has 0 amide bonds. The average molecular weight is 505 g/mol. The molecule has 2 aromatic carbocycles. The van der Waals surface area contributed by atoms with E-state index in [9.17, 15) is 26.3 Å². The van der Waals surface area contributed by atoms with E-state index in [4.69, 9.17) is 4.74 Å². The number of alkyl halides is 2. The first-order valence-electron chi connectivity index (χ1n) is 11.4. The molecule has 2 fully saturated rings. The molecule has 0 aromatic heterocycles. The molecule has 34 heavy (non-hydrogen) atoms. The van der Waals surface area contributed by atoms with Crippen LogP contribution in [0.15, 0.2) is 24.3 Å². The van der Waals surface area contributed by atoms with Crippen molar-refractivity contribution in [1.82, 2.24) is 0 Å². The van der Waals surface area contributed by atoms with E-state index >= 15 is 0 Å². The molecule has 1 heterocycles. The first kappa shape index (κ1) is 25.2. The van der Waals surface area contributed by atoms with Gasteiger partial charge in [-0.1, -0.05) is 0 Å². The lowest BCUT2D eigenvalue weighted by Gasteiger charge is -2.37. The van der Waals surface area contributed by atoms with Gasteiger partial charge < -0.3 is 9.47 Å². The summed E-state index contributed by atoms with van der Waals surface area (Å²) in [5, 5.41) is 0.253. The van der Waals surface area contributed by atoms with Crippen LogP contribution in [0.5, 0.6) is 5.75 Å². The van der Waals surface area contributed by atoms with Crippen molar-refractivity contribution in [1.29, 1.82) is 0 Å². The number of halogens is 6. The van der Waals surface area contributed by atoms with Crippen LogP contribution in [0.2, 0.25) is 0 Å². The normalized spacial score (nSPS) is 25.9. The summed E-state index contributed by atoms with van der Waals surface area (Å²) in [5.74, 6) is -5.83. The van der Waals surface area contributed by atoms with Gasteiger partial charge in [-0.05, 0) is 75.0 Å². The van der Waals surface area contributed by atoms with Gasteiger partial charge >= 0.3 is 6.11 Å². The SMILES string of the molecule is Cc1c(F)cc(OC(F)(F)c2c(F)cc(C3CCC(C4CCC(S)CO4)CC3)cc2F)cc1F. The second-order valence-electron chi connectivity index (χ2n) is 9.20. The molecular weight excluding hydrogens is 478 g/mol. The van der Waals surface area contributed by atoms with Gasteiger partial charge in [0.2, 0.25) is 0 Å². The molecular formula is C25H26F6O2S. The Morgan fingerprint density at radius 2 is 1.44 bits per heavy atom. The van der Waals surface area contributed by atoms with Crippen molar-refractivity contribution in [3.8, 4) is 5.75 Å². The molecule has 1 aliphatic carbocycles. The van der Waals surface area contributed by atoms with Crippen LogP contribution in [0.4, 0.5) is 26.3 Å². The van der Waals surface area contributed by atoms with Gasteiger partial charge in [-0.15, -0.1) is 0 Å². The molecule has 9 heteroatoms. The first-order chi connectivity index (χ1) is 16.0. The van der Waals surface area contributed by atoms with Crippen LogP contribution in [-0.2, 0) is 10.8 Å². The maximum Gasteiger partial charge on any atom is 0.432 e. The highest BCUT2D eigenvalue weighted by Gasteiger charge is 2.42. The number of benzene rings is 2. The Morgan fingerprint density at radius 1 is 0.853 bits per heavy atom. The van der Waals surface area contributed by atoms with Crippen molar-refractivity contribution < 1.29 is 35.8 Å². The van der Waals surface area contributed by atoms with Crippen LogP contribution < -0.4 is 4.74 Å². The maximum atomic E-state index is 14.7. The van der Waals surface area contributed by atoms with E-state index in [1.807, 2.05) is 0 Å². The Kier molecular flexibility index (Phi) is 7.43. The number of thiol groups is 1. The topological polar surface area (TPSA) is 18.5 Å². The highest BCUT2D eigenvalue weighted by atomic mass is 32.1. The van der Waals surface area contributed by atoms with Crippen LogP contribution in [0.3, 0.4) is 0 Å². The van der Waals surface area contributed by atoms with Gasteiger partial charge in [-0.3, -0.25) is 0 Å². The third-order valence-electron chi connectivity index (χ3n) is 6.91. The maximum absolute atomic E-state index is 14.7. The third-order valence-corrected chi connectivity index (χ3v) is 7.32. The van der Waals surface area contributed by atoms with E-state index in [1.165, 1.54) is 0 Å². The predicted molar refractivity (Wildman–Crippen MR) is 118 cm³/mol. The monoisotopic (exact) mass is 504 g/mol. The van der Waals surface area contributed by atoms with Crippen LogP contribution in [0, 0.1) is 36.1 Å². The minimum Gasteiger partial charge on any atom is -0.429 e.